The number of carbonyl (C=O) groups is 1. The first kappa shape index (κ1) is 17.4. The highest BCUT2D eigenvalue weighted by atomic mass is 19.1. The molecule has 0 fully saturated rings. The zero-order valence-corrected chi connectivity index (χ0v) is 13.0. The number of nitrogens with zero attached hydrogens (tertiary/aromatic N) is 1. The summed E-state index contributed by atoms with van der Waals surface area (Å²) in [6.45, 7) is 8.05. The van der Waals surface area contributed by atoms with Gasteiger partial charge in [-0.3, -0.25) is 4.79 Å². The molecule has 0 atom stereocenters. The van der Waals surface area contributed by atoms with Crippen LogP contribution in [0, 0.1) is 11.6 Å². The summed E-state index contributed by atoms with van der Waals surface area (Å²) in [5, 5.41) is 3.17. The van der Waals surface area contributed by atoms with Gasteiger partial charge in [-0.2, -0.15) is 0 Å². The van der Waals surface area contributed by atoms with Gasteiger partial charge in [-0.05, 0) is 45.4 Å². The van der Waals surface area contributed by atoms with E-state index in [9.17, 15) is 13.6 Å². The molecule has 0 aliphatic rings. The summed E-state index contributed by atoms with van der Waals surface area (Å²) in [4.78, 5) is 12.3. The number of amides is 1. The lowest BCUT2D eigenvalue weighted by molar-refractivity contribution is -0.116. The normalized spacial score (nSPS) is 11.5. The summed E-state index contributed by atoms with van der Waals surface area (Å²) in [7, 11) is 0. The zero-order chi connectivity index (χ0) is 16.2. The summed E-state index contributed by atoms with van der Waals surface area (Å²) < 4.78 is 28.3. The zero-order valence-electron chi connectivity index (χ0n) is 13.0. The Labute approximate surface area is 124 Å². The van der Waals surface area contributed by atoms with Crippen LogP contribution in [0.2, 0.25) is 0 Å². The number of carbonyl (C=O) groups excluding carboxylic acids is 1. The molecule has 0 unspecified atom stereocenters. The molecule has 0 aliphatic heterocycles. The van der Waals surface area contributed by atoms with Gasteiger partial charge in [-0.15, -0.1) is 0 Å². The molecule has 21 heavy (non-hydrogen) atoms. The number of anilines is 1. The van der Waals surface area contributed by atoms with E-state index in [0.717, 1.165) is 0 Å². The van der Waals surface area contributed by atoms with E-state index >= 15 is 0 Å². The molecule has 1 rings (SSSR count). The molecule has 3 N–H and O–H groups in total. The van der Waals surface area contributed by atoms with Gasteiger partial charge in [-0.1, -0.05) is 0 Å². The average Bonchev–Trinajstić information content (AvgIpc) is 2.33. The van der Waals surface area contributed by atoms with Crippen molar-refractivity contribution in [1.82, 2.24) is 5.32 Å². The topological polar surface area (TPSA) is 58.4 Å². The number of primary amides is 1. The lowest BCUT2D eigenvalue weighted by Gasteiger charge is -2.24. The Morgan fingerprint density at radius 3 is 2.19 bits per heavy atom. The van der Waals surface area contributed by atoms with Crippen molar-refractivity contribution < 1.29 is 13.6 Å². The molecule has 0 spiro atoms. The van der Waals surface area contributed by atoms with Crippen LogP contribution >= 0.6 is 0 Å². The second-order valence-corrected chi connectivity index (χ2v) is 5.99. The molecule has 1 amide bonds. The molecular weight excluding hydrogens is 276 g/mol. The maximum absolute atomic E-state index is 14.2. The van der Waals surface area contributed by atoms with Crippen molar-refractivity contribution in [1.29, 1.82) is 0 Å². The molecule has 0 aromatic heterocycles. The molecule has 1 aromatic rings. The Balaban J connectivity index is 3.01. The monoisotopic (exact) mass is 299 g/mol. The number of nitrogens with one attached hydrogen (secondary N) is 1. The summed E-state index contributed by atoms with van der Waals surface area (Å²) in [5.41, 5.74) is 5.25. The number of benzene rings is 1. The highest BCUT2D eigenvalue weighted by Crippen LogP contribution is 2.25. The van der Waals surface area contributed by atoms with Gasteiger partial charge in [0.15, 0.2) is 0 Å². The molecule has 0 aliphatic carbocycles. The van der Waals surface area contributed by atoms with Crippen molar-refractivity contribution in [2.45, 2.75) is 39.8 Å². The molecule has 0 bridgehead atoms. The van der Waals surface area contributed by atoms with Crippen molar-refractivity contribution in [3.05, 3.63) is 29.3 Å². The Morgan fingerprint density at radius 1 is 1.29 bits per heavy atom. The van der Waals surface area contributed by atoms with E-state index in [4.69, 9.17) is 5.73 Å². The summed E-state index contributed by atoms with van der Waals surface area (Å²) in [6.07, 6.45) is 0. The summed E-state index contributed by atoms with van der Waals surface area (Å²) in [6, 6.07) is 2.56. The average molecular weight is 299 g/mol. The van der Waals surface area contributed by atoms with Gasteiger partial charge in [0.1, 0.15) is 17.3 Å². The van der Waals surface area contributed by atoms with E-state index in [1.54, 1.807) is 6.92 Å². The van der Waals surface area contributed by atoms with Crippen molar-refractivity contribution in [2.75, 3.05) is 18.0 Å². The van der Waals surface area contributed by atoms with E-state index in [1.807, 2.05) is 20.8 Å². The summed E-state index contributed by atoms with van der Waals surface area (Å²) >= 11 is 0. The van der Waals surface area contributed by atoms with Crippen LogP contribution in [0.1, 0.15) is 33.3 Å². The molecule has 0 saturated heterocycles. The van der Waals surface area contributed by atoms with Gasteiger partial charge in [-0.25, -0.2) is 8.78 Å². The Bertz CT molecular complexity index is 489. The van der Waals surface area contributed by atoms with Crippen LogP contribution in [0.15, 0.2) is 12.1 Å². The van der Waals surface area contributed by atoms with Gasteiger partial charge >= 0.3 is 0 Å². The molecule has 0 saturated carbocycles. The fraction of sp³-hybridized carbons (Fsp3) is 0.533. The molecule has 0 heterocycles. The van der Waals surface area contributed by atoms with Crippen molar-refractivity contribution in [3.8, 4) is 0 Å². The second-order valence-electron chi connectivity index (χ2n) is 5.99. The maximum atomic E-state index is 14.2. The molecule has 1 aromatic carbocycles. The van der Waals surface area contributed by atoms with Crippen LogP contribution in [0.3, 0.4) is 0 Å². The predicted molar refractivity (Wildman–Crippen MR) is 80.0 cm³/mol. The van der Waals surface area contributed by atoms with E-state index in [2.05, 4.69) is 5.32 Å². The van der Waals surface area contributed by atoms with Gasteiger partial charge in [0.25, 0.3) is 0 Å². The van der Waals surface area contributed by atoms with Crippen molar-refractivity contribution in [2.24, 2.45) is 5.73 Å². The molecule has 0 radical (unpaired) electrons. The van der Waals surface area contributed by atoms with Crippen LogP contribution in [-0.2, 0) is 11.3 Å². The molecule has 6 heteroatoms. The smallest absolute Gasteiger partial charge is 0.236 e. The van der Waals surface area contributed by atoms with E-state index in [-0.39, 0.29) is 24.3 Å². The predicted octanol–water partition coefficient (Wildman–Crippen LogP) is 2.16. The lowest BCUT2D eigenvalue weighted by atomic mass is 10.1. The van der Waals surface area contributed by atoms with Gasteiger partial charge in [0, 0.05) is 18.6 Å². The number of nitrogens with two attached hydrogens (primary N) is 1. The minimum atomic E-state index is -0.691. The SMILES string of the molecule is CCN(CC(N)=O)c1c(F)cc(CNC(C)(C)C)cc1F. The molecular formula is C15H23F2N3O. The van der Waals surface area contributed by atoms with E-state index in [1.165, 1.54) is 17.0 Å². The highest BCUT2D eigenvalue weighted by Gasteiger charge is 2.19. The Kier molecular flexibility index (Phi) is 5.66. The minimum absolute atomic E-state index is 0.146. The van der Waals surface area contributed by atoms with E-state index < -0.39 is 17.5 Å². The number of hydrogen-bond acceptors (Lipinski definition) is 3. The number of halogens is 2. The Hall–Kier alpha value is -1.69. The first-order chi connectivity index (χ1) is 9.64. The Morgan fingerprint density at radius 2 is 1.81 bits per heavy atom. The number of hydrogen-bond donors (Lipinski definition) is 2. The standard InChI is InChI=1S/C15H23F2N3O/c1-5-20(9-13(18)21)14-11(16)6-10(7-12(14)17)8-19-15(2,3)4/h6-7,19H,5,8-9H2,1-4H3,(H2,18,21). The van der Waals surface area contributed by atoms with Crippen LogP contribution in [-0.4, -0.2) is 24.5 Å². The van der Waals surface area contributed by atoms with E-state index in [0.29, 0.717) is 12.1 Å². The van der Waals surface area contributed by atoms with Crippen LogP contribution < -0.4 is 16.0 Å². The first-order valence-electron chi connectivity index (χ1n) is 6.90. The van der Waals surface area contributed by atoms with Crippen LogP contribution in [0.5, 0.6) is 0 Å². The lowest BCUT2D eigenvalue weighted by Crippen LogP contribution is -2.36. The van der Waals surface area contributed by atoms with Crippen molar-refractivity contribution >= 4 is 11.6 Å². The highest BCUT2D eigenvalue weighted by molar-refractivity contribution is 5.79. The van der Waals surface area contributed by atoms with Gasteiger partial charge < -0.3 is 16.0 Å². The molecule has 4 nitrogen and oxygen atoms in total. The second kappa shape index (κ2) is 6.85. The number of rotatable bonds is 6. The quantitative estimate of drug-likeness (QED) is 0.846. The summed E-state index contributed by atoms with van der Waals surface area (Å²) in [5.74, 6) is -2.01. The van der Waals surface area contributed by atoms with Crippen LogP contribution in [0.25, 0.3) is 0 Å². The molecule has 118 valence electrons. The third kappa shape index (κ3) is 5.30. The maximum Gasteiger partial charge on any atom is 0.236 e. The van der Waals surface area contributed by atoms with Gasteiger partial charge in [0.2, 0.25) is 5.91 Å². The third-order valence-electron chi connectivity index (χ3n) is 2.94. The van der Waals surface area contributed by atoms with Crippen molar-refractivity contribution in [3.63, 3.8) is 0 Å². The first-order valence-corrected chi connectivity index (χ1v) is 6.90. The third-order valence-corrected chi connectivity index (χ3v) is 2.94. The largest absolute Gasteiger partial charge is 0.368 e. The minimum Gasteiger partial charge on any atom is -0.368 e. The number of likely N-dealkylation sites (N-methyl/N-ethyl adjacent to an activating group) is 1. The van der Waals surface area contributed by atoms with Crippen LogP contribution in [0.4, 0.5) is 14.5 Å². The fourth-order valence-electron chi connectivity index (χ4n) is 1.93. The fourth-order valence-corrected chi connectivity index (χ4v) is 1.93. The van der Waals surface area contributed by atoms with Gasteiger partial charge in [0.05, 0.1) is 6.54 Å².